The molecule has 0 spiro atoms. The Morgan fingerprint density at radius 2 is 1.83 bits per heavy atom. The summed E-state index contributed by atoms with van der Waals surface area (Å²) in [6.45, 7) is 0. The predicted molar refractivity (Wildman–Crippen MR) is 82.5 cm³/mol. The molecule has 0 saturated heterocycles. The van der Waals surface area contributed by atoms with Gasteiger partial charge in [-0.05, 0) is 54.4 Å². The first-order valence-corrected chi connectivity index (χ1v) is 6.92. The van der Waals surface area contributed by atoms with E-state index in [1.807, 2.05) is 0 Å². The number of nitrogen functional groups attached to an aromatic ring is 1. The summed E-state index contributed by atoms with van der Waals surface area (Å²) in [4.78, 5) is 23.3. The quantitative estimate of drug-likeness (QED) is 0.521. The first-order valence-electron chi connectivity index (χ1n) is 6.92. The molecule has 0 aliphatic heterocycles. The molecule has 2 aromatic carbocycles. The highest BCUT2D eigenvalue weighted by Gasteiger charge is 2.11. The molecule has 0 bridgehead atoms. The molecular formula is C17H16FNO4. The number of aryl methyl sites for hydroxylation is 1. The van der Waals surface area contributed by atoms with E-state index in [0.717, 1.165) is 0 Å². The lowest BCUT2D eigenvalue weighted by Gasteiger charge is -2.08. The Morgan fingerprint density at radius 3 is 2.48 bits per heavy atom. The number of nitrogens with two attached hydrogens (primary N) is 1. The summed E-state index contributed by atoms with van der Waals surface area (Å²) in [5.74, 6) is -1.08. The van der Waals surface area contributed by atoms with Crippen molar-refractivity contribution in [3.8, 4) is 5.75 Å². The molecule has 2 N–H and O–H groups in total. The highest BCUT2D eigenvalue weighted by molar-refractivity contribution is 5.90. The minimum absolute atomic E-state index is 0.0756. The zero-order valence-electron chi connectivity index (χ0n) is 12.5. The van der Waals surface area contributed by atoms with E-state index >= 15 is 0 Å². The molecule has 0 fully saturated rings. The van der Waals surface area contributed by atoms with Gasteiger partial charge in [0.15, 0.2) is 0 Å². The third kappa shape index (κ3) is 4.54. The summed E-state index contributed by atoms with van der Waals surface area (Å²) < 4.78 is 22.5. The minimum atomic E-state index is -0.473. The number of rotatable bonds is 5. The second-order valence-corrected chi connectivity index (χ2v) is 4.83. The van der Waals surface area contributed by atoms with Gasteiger partial charge in [-0.3, -0.25) is 4.79 Å². The number of methoxy groups -OCH3 is 1. The van der Waals surface area contributed by atoms with Crippen molar-refractivity contribution in [2.24, 2.45) is 0 Å². The lowest BCUT2D eigenvalue weighted by atomic mass is 10.0. The van der Waals surface area contributed by atoms with E-state index in [-0.39, 0.29) is 12.2 Å². The molecule has 120 valence electrons. The van der Waals surface area contributed by atoms with Gasteiger partial charge >= 0.3 is 11.9 Å². The van der Waals surface area contributed by atoms with Gasteiger partial charge in [0.25, 0.3) is 0 Å². The molecule has 0 aliphatic rings. The Kier molecular flexibility index (Phi) is 5.30. The van der Waals surface area contributed by atoms with Crippen LogP contribution in [0, 0.1) is 5.82 Å². The zero-order chi connectivity index (χ0) is 16.8. The highest BCUT2D eigenvalue weighted by atomic mass is 19.1. The van der Waals surface area contributed by atoms with Crippen molar-refractivity contribution in [1.29, 1.82) is 0 Å². The van der Waals surface area contributed by atoms with E-state index in [1.54, 1.807) is 18.2 Å². The second kappa shape index (κ2) is 7.40. The first kappa shape index (κ1) is 16.5. The molecule has 0 unspecified atom stereocenters. The molecule has 2 aromatic rings. The Labute approximate surface area is 132 Å². The summed E-state index contributed by atoms with van der Waals surface area (Å²) in [6.07, 6.45) is 0.392. The van der Waals surface area contributed by atoms with Gasteiger partial charge in [-0.2, -0.15) is 0 Å². The van der Waals surface area contributed by atoms with Crippen LogP contribution >= 0.6 is 0 Å². The van der Waals surface area contributed by atoms with Gasteiger partial charge in [0.2, 0.25) is 0 Å². The standard InChI is InChI=1S/C17H16FNO4/c1-22-17(21)12-2-8-15(19)11(10-12)3-9-16(20)23-14-6-4-13(18)5-7-14/h2,4-8,10H,3,9,19H2,1H3. The molecule has 0 saturated carbocycles. The van der Waals surface area contributed by atoms with Crippen LogP contribution in [0.4, 0.5) is 10.1 Å². The second-order valence-electron chi connectivity index (χ2n) is 4.83. The van der Waals surface area contributed by atoms with Crippen molar-refractivity contribution in [2.45, 2.75) is 12.8 Å². The van der Waals surface area contributed by atoms with Crippen LogP contribution in [0.3, 0.4) is 0 Å². The van der Waals surface area contributed by atoms with E-state index in [9.17, 15) is 14.0 Å². The number of esters is 2. The van der Waals surface area contributed by atoms with Gasteiger partial charge < -0.3 is 15.2 Å². The number of carbonyl (C=O) groups excluding carboxylic acids is 2. The number of hydrogen-bond acceptors (Lipinski definition) is 5. The Balaban J connectivity index is 1.98. The van der Waals surface area contributed by atoms with Crippen molar-refractivity contribution in [1.82, 2.24) is 0 Å². The average Bonchev–Trinajstić information content (AvgIpc) is 2.55. The van der Waals surface area contributed by atoms with Crippen molar-refractivity contribution in [2.75, 3.05) is 12.8 Å². The average molecular weight is 317 g/mol. The van der Waals surface area contributed by atoms with Crippen molar-refractivity contribution in [3.63, 3.8) is 0 Å². The van der Waals surface area contributed by atoms with Gasteiger partial charge in [0, 0.05) is 5.69 Å². The van der Waals surface area contributed by atoms with Crippen molar-refractivity contribution < 1.29 is 23.5 Å². The molecule has 0 atom stereocenters. The third-order valence-corrected chi connectivity index (χ3v) is 3.21. The molecule has 0 radical (unpaired) electrons. The molecule has 0 aromatic heterocycles. The Bertz CT molecular complexity index is 713. The van der Waals surface area contributed by atoms with E-state index in [2.05, 4.69) is 4.74 Å². The maximum Gasteiger partial charge on any atom is 0.337 e. The zero-order valence-corrected chi connectivity index (χ0v) is 12.5. The topological polar surface area (TPSA) is 78.6 Å². The first-order chi connectivity index (χ1) is 11.0. The number of benzene rings is 2. The van der Waals surface area contributed by atoms with Gasteiger partial charge in [-0.1, -0.05) is 0 Å². The van der Waals surface area contributed by atoms with Crippen LogP contribution in [-0.4, -0.2) is 19.0 Å². The van der Waals surface area contributed by atoms with Crippen LogP contribution in [0.25, 0.3) is 0 Å². The Morgan fingerprint density at radius 1 is 1.13 bits per heavy atom. The van der Waals surface area contributed by atoms with Crippen LogP contribution in [0.1, 0.15) is 22.3 Å². The van der Waals surface area contributed by atoms with Gasteiger partial charge in [0.1, 0.15) is 11.6 Å². The summed E-state index contributed by atoms with van der Waals surface area (Å²) >= 11 is 0. The SMILES string of the molecule is COC(=O)c1ccc(N)c(CCC(=O)Oc2ccc(F)cc2)c1. The van der Waals surface area contributed by atoms with Crippen molar-refractivity contribution in [3.05, 3.63) is 59.4 Å². The minimum Gasteiger partial charge on any atom is -0.465 e. The van der Waals surface area contributed by atoms with E-state index in [0.29, 0.717) is 23.2 Å². The number of ether oxygens (including phenoxy) is 2. The molecular weight excluding hydrogens is 301 g/mol. The van der Waals surface area contributed by atoms with Crippen molar-refractivity contribution >= 4 is 17.6 Å². The molecule has 23 heavy (non-hydrogen) atoms. The van der Waals surface area contributed by atoms with Crippen LogP contribution in [-0.2, 0) is 16.0 Å². The van der Waals surface area contributed by atoms with E-state index in [1.165, 1.54) is 31.4 Å². The molecule has 0 heterocycles. The van der Waals surface area contributed by atoms with Crippen LogP contribution < -0.4 is 10.5 Å². The monoisotopic (exact) mass is 317 g/mol. The number of carbonyl (C=O) groups is 2. The lowest BCUT2D eigenvalue weighted by Crippen LogP contribution is -2.10. The molecule has 2 rings (SSSR count). The highest BCUT2D eigenvalue weighted by Crippen LogP contribution is 2.18. The Hall–Kier alpha value is -2.89. The third-order valence-electron chi connectivity index (χ3n) is 3.21. The maximum absolute atomic E-state index is 12.8. The molecule has 6 heteroatoms. The summed E-state index contributed by atoms with van der Waals surface area (Å²) in [5, 5.41) is 0. The van der Waals surface area contributed by atoms with Gasteiger partial charge in [0.05, 0.1) is 19.1 Å². The van der Waals surface area contributed by atoms with E-state index in [4.69, 9.17) is 10.5 Å². The van der Waals surface area contributed by atoms with Crippen LogP contribution in [0.2, 0.25) is 0 Å². The van der Waals surface area contributed by atoms with Crippen LogP contribution in [0.15, 0.2) is 42.5 Å². The summed E-state index contributed by atoms with van der Waals surface area (Å²) in [6, 6.07) is 9.90. The molecule has 5 nitrogen and oxygen atoms in total. The van der Waals surface area contributed by atoms with E-state index < -0.39 is 17.8 Å². The predicted octanol–water partition coefficient (Wildman–Crippen LogP) is 2.73. The largest absolute Gasteiger partial charge is 0.465 e. The smallest absolute Gasteiger partial charge is 0.337 e. The normalized spacial score (nSPS) is 10.2. The number of anilines is 1. The van der Waals surface area contributed by atoms with Crippen LogP contribution in [0.5, 0.6) is 5.75 Å². The van der Waals surface area contributed by atoms with Gasteiger partial charge in [-0.15, -0.1) is 0 Å². The fourth-order valence-electron chi connectivity index (χ4n) is 1.99. The summed E-state index contributed by atoms with van der Waals surface area (Å²) in [7, 11) is 1.29. The number of hydrogen-bond donors (Lipinski definition) is 1. The van der Waals surface area contributed by atoms with Gasteiger partial charge in [-0.25, -0.2) is 9.18 Å². The summed E-state index contributed by atoms with van der Waals surface area (Å²) in [5.41, 5.74) is 7.34. The fourth-order valence-corrected chi connectivity index (χ4v) is 1.99. The molecule has 0 aliphatic carbocycles. The fraction of sp³-hybridized carbons (Fsp3) is 0.176. The number of halogens is 1. The lowest BCUT2D eigenvalue weighted by molar-refractivity contribution is -0.134. The maximum atomic E-state index is 12.8. The molecule has 0 amide bonds.